The van der Waals surface area contributed by atoms with Crippen molar-refractivity contribution in [3.05, 3.63) is 249 Å². The number of para-hydroxylation sites is 2. The lowest BCUT2D eigenvalue weighted by molar-refractivity contribution is 1.15. The highest BCUT2D eigenvalue weighted by atomic mass is 15.0. The third kappa shape index (κ3) is 7.06. The molecule has 0 saturated carbocycles. The van der Waals surface area contributed by atoms with Gasteiger partial charge < -0.3 is 4.57 Å². The van der Waals surface area contributed by atoms with Crippen LogP contribution in [-0.2, 0) is 0 Å². The van der Waals surface area contributed by atoms with Crippen LogP contribution < -0.4 is 0 Å². The predicted octanol–water partition coefficient (Wildman–Crippen LogP) is 16.4. The minimum absolute atomic E-state index is 0.682. The van der Waals surface area contributed by atoms with Gasteiger partial charge in [0.25, 0.3) is 0 Å². The highest BCUT2D eigenvalue weighted by molar-refractivity contribution is 6.11. The third-order valence-electron chi connectivity index (χ3n) is 12.6. The first kappa shape index (κ1) is 38.0. The average Bonchev–Trinajstić information content (AvgIpc) is 3.73. The van der Waals surface area contributed by atoms with Gasteiger partial charge in [0, 0.05) is 22.2 Å². The number of hydrogen-bond acceptors (Lipinski definition) is 2. The minimum Gasteiger partial charge on any atom is -0.306 e. The molecule has 0 radical (unpaired) electrons. The molecule has 10 aromatic carbocycles. The van der Waals surface area contributed by atoms with Crippen LogP contribution in [0.2, 0.25) is 0 Å². The molecule has 0 saturated heterocycles. The Balaban J connectivity index is 1.01. The van der Waals surface area contributed by atoms with Crippen LogP contribution in [0.25, 0.3) is 117 Å². The second kappa shape index (κ2) is 16.2. The van der Waals surface area contributed by atoms with Crippen molar-refractivity contribution < 1.29 is 0 Å². The van der Waals surface area contributed by atoms with E-state index in [1.54, 1.807) is 0 Å². The molecule has 2 heterocycles. The van der Waals surface area contributed by atoms with Gasteiger partial charge in [0.1, 0.15) is 5.52 Å². The molecule has 0 bridgehead atoms. The Morgan fingerprint density at radius 2 is 0.738 bits per heavy atom. The molecule has 0 fully saturated rings. The van der Waals surface area contributed by atoms with Gasteiger partial charge in [-0.1, -0.05) is 194 Å². The van der Waals surface area contributed by atoms with Crippen LogP contribution in [0.4, 0.5) is 0 Å². The Labute approximate surface area is 378 Å². The van der Waals surface area contributed by atoms with Crippen molar-refractivity contribution in [1.29, 1.82) is 0 Å². The molecule has 0 amide bonds. The highest BCUT2D eigenvalue weighted by Gasteiger charge is 2.22. The number of hydrogen-bond donors (Lipinski definition) is 0. The first-order chi connectivity index (χ1) is 32.2. The molecule has 65 heavy (non-hydrogen) atoms. The molecule has 3 nitrogen and oxygen atoms in total. The summed E-state index contributed by atoms with van der Waals surface area (Å²) in [7, 11) is 0. The van der Waals surface area contributed by atoms with Crippen molar-refractivity contribution in [2.24, 2.45) is 0 Å². The molecule has 0 N–H and O–H groups in total. The summed E-state index contributed by atoms with van der Waals surface area (Å²) in [5.41, 5.74) is 18.6. The zero-order valence-corrected chi connectivity index (χ0v) is 35.5. The lowest BCUT2D eigenvalue weighted by atomic mass is 9.90. The van der Waals surface area contributed by atoms with Crippen molar-refractivity contribution in [3.63, 3.8) is 0 Å². The van der Waals surface area contributed by atoms with E-state index in [-0.39, 0.29) is 0 Å². The van der Waals surface area contributed by atoms with Crippen LogP contribution in [0.1, 0.15) is 0 Å². The second-order valence-electron chi connectivity index (χ2n) is 16.6. The maximum atomic E-state index is 5.52. The van der Waals surface area contributed by atoms with Crippen LogP contribution in [0.3, 0.4) is 0 Å². The molecule has 2 aromatic heterocycles. The Hall–Kier alpha value is -8.66. The molecule has 12 rings (SSSR count). The molecule has 0 aliphatic heterocycles. The normalized spacial score (nSPS) is 11.4. The van der Waals surface area contributed by atoms with Crippen LogP contribution in [0.5, 0.6) is 0 Å². The molecule has 0 aliphatic carbocycles. The van der Waals surface area contributed by atoms with Gasteiger partial charge >= 0.3 is 0 Å². The number of aromatic nitrogens is 3. The van der Waals surface area contributed by atoms with Gasteiger partial charge in [-0.25, -0.2) is 9.97 Å². The Bertz CT molecular complexity index is 3700. The van der Waals surface area contributed by atoms with Crippen LogP contribution in [-0.4, -0.2) is 14.5 Å². The number of rotatable bonds is 8. The molecular weight excluding hydrogens is 787 g/mol. The molecule has 304 valence electrons. The van der Waals surface area contributed by atoms with E-state index in [1.807, 2.05) is 0 Å². The first-order valence-electron chi connectivity index (χ1n) is 22.1. The molecular formula is C62H41N3. The summed E-state index contributed by atoms with van der Waals surface area (Å²) in [6.45, 7) is 0. The molecule has 0 unspecified atom stereocenters. The summed E-state index contributed by atoms with van der Waals surface area (Å²) in [4.78, 5) is 11.0. The fourth-order valence-corrected chi connectivity index (χ4v) is 9.44. The van der Waals surface area contributed by atoms with E-state index in [2.05, 4.69) is 253 Å². The zero-order valence-electron chi connectivity index (χ0n) is 35.5. The maximum absolute atomic E-state index is 5.52. The van der Waals surface area contributed by atoms with Gasteiger partial charge in [0.15, 0.2) is 5.82 Å². The van der Waals surface area contributed by atoms with E-state index in [4.69, 9.17) is 9.97 Å². The van der Waals surface area contributed by atoms with Crippen molar-refractivity contribution in [3.8, 4) is 84.0 Å². The van der Waals surface area contributed by atoms with E-state index < -0.39 is 0 Å². The summed E-state index contributed by atoms with van der Waals surface area (Å²) >= 11 is 0. The molecule has 0 spiro atoms. The fourth-order valence-electron chi connectivity index (χ4n) is 9.44. The van der Waals surface area contributed by atoms with E-state index in [1.165, 1.54) is 38.6 Å². The molecule has 0 aliphatic rings. The fraction of sp³-hybridized carbons (Fsp3) is 0. The van der Waals surface area contributed by atoms with Crippen LogP contribution in [0, 0.1) is 0 Å². The summed E-state index contributed by atoms with van der Waals surface area (Å²) in [5.74, 6) is 0.682. The maximum Gasteiger partial charge on any atom is 0.160 e. The number of nitrogens with zero attached hydrogens (tertiary/aromatic N) is 3. The van der Waals surface area contributed by atoms with Gasteiger partial charge in [0.2, 0.25) is 0 Å². The average molecular weight is 828 g/mol. The zero-order chi connectivity index (χ0) is 43.1. The van der Waals surface area contributed by atoms with E-state index in [0.29, 0.717) is 5.82 Å². The van der Waals surface area contributed by atoms with Crippen molar-refractivity contribution in [2.45, 2.75) is 0 Å². The largest absolute Gasteiger partial charge is 0.306 e. The van der Waals surface area contributed by atoms with E-state index >= 15 is 0 Å². The summed E-state index contributed by atoms with van der Waals surface area (Å²) in [6.07, 6.45) is 0. The van der Waals surface area contributed by atoms with Crippen molar-refractivity contribution in [1.82, 2.24) is 14.5 Å². The molecule has 0 atom stereocenters. The Morgan fingerprint density at radius 1 is 0.292 bits per heavy atom. The first-order valence-corrected chi connectivity index (χ1v) is 22.1. The summed E-state index contributed by atoms with van der Waals surface area (Å²) in [5, 5.41) is 3.56. The smallest absolute Gasteiger partial charge is 0.160 e. The van der Waals surface area contributed by atoms with E-state index in [9.17, 15) is 0 Å². The number of fused-ring (bicyclic) bond motifs is 4. The molecule has 3 heteroatoms. The van der Waals surface area contributed by atoms with Gasteiger partial charge in [-0.05, 0) is 121 Å². The summed E-state index contributed by atoms with van der Waals surface area (Å²) in [6, 6.07) is 88.9. The van der Waals surface area contributed by atoms with Gasteiger partial charge in [0.05, 0.1) is 16.7 Å². The topological polar surface area (TPSA) is 30.7 Å². The van der Waals surface area contributed by atoms with Crippen LogP contribution >= 0.6 is 0 Å². The monoisotopic (exact) mass is 827 g/mol. The SMILES string of the molecule is c1ccc(-c2cc(-c3cccc(-c4cccc(-c5nc(-c6cccc(-c7ccccc7)c6)c6c(n5)c5ccccc5n6-c5ccccc5)c4)c3)cc(-c3cccc4ccccc34)c2)cc1. The second-order valence-corrected chi connectivity index (χ2v) is 16.6. The predicted molar refractivity (Wildman–Crippen MR) is 272 cm³/mol. The Kier molecular flexibility index (Phi) is 9.50. The van der Waals surface area contributed by atoms with Gasteiger partial charge in [-0.2, -0.15) is 0 Å². The lowest BCUT2D eigenvalue weighted by Gasteiger charge is -2.14. The van der Waals surface area contributed by atoms with E-state index in [0.717, 1.165) is 72.3 Å². The Morgan fingerprint density at radius 3 is 1.46 bits per heavy atom. The van der Waals surface area contributed by atoms with Crippen molar-refractivity contribution in [2.75, 3.05) is 0 Å². The van der Waals surface area contributed by atoms with Crippen LogP contribution in [0.15, 0.2) is 249 Å². The quantitative estimate of drug-likeness (QED) is 0.153. The van der Waals surface area contributed by atoms with Gasteiger partial charge in [-0.15, -0.1) is 0 Å². The lowest BCUT2D eigenvalue weighted by Crippen LogP contribution is -2.00. The minimum atomic E-state index is 0.682. The van der Waals surface area contributed by atoms with Gasteiger partial charge in [-0.3, -0.25) is 0 Å². The standard InChI is InChI=1S/C62H41N3/c1-4-18-42(19-5-1)45-24-15-28-49(37-45)59-61-60(57-33-12-13-35-58(57)65(61)54-30-8-3-9-31-54)64-62(63-59)50-29-16-26-47(38-50)46-25-14-27-48(36-46)52-39-51(43-20-6-2-7-21-43)40-53(41-52)56-34-17-23-44-22-10-11-32-55(44)56/h1-41H. The summed E-state index contributed by atoms with van der Waals surface area (Å²) < 4.78 is 2.32. The molecule has 12 aromatic rings. The number of benzene rings is 10. The third-order valence-corrected chi connectivity index (χ3v) is 12.6. The van der Waals surface area contributed by atoms with Crippen molar-refractivity contribution >= 4 is 32.7 Å². The highest BCUT2D eigenvalue weighted by Crippen LogP contribution is 2.41.